The minimum Gasteiger partial charge on any atom is -0.482 e. The fourth-order valence-corrected chi connectivity index (χ4v) is 2.74. The van der Waals surface area contributed by atoms with Gasteiger partial charge in [-0.05, 0) is 36.8 Å². The van der Waals surface area contributed by atoms with E-state index in [0.717, 1.165) is 0 Å². The van der Waals surface area contributed by atoms with Crippen molar-refractivity contribution < 1.29 is 23.8 Å². The van der Waals surface area contributed by atoms with Crippen molar-refractivity contribution in [3.05, 3.63) is 63.3 Å². The molecular weight excluding hydrogens is 379 g/mol. The molecule has 0 spiro atoms. The van der Waals surface area contributed by atoms with Crippen molar-refractivity contribution in [2.75, 3.05) is 13.2 Å². The third kappa shape index (κ3) is 3.84. The summed E-state index contributed by atoms with van der Waals surface area (Å²) < 4.78 is 15.8. The predicted octanol–water partition coefficient (Wildman–Crippen LogP) is 4.55. The molecule has 2 aromatic carbocycles. The Morgan fingerprint density at radius 1 is 1.23 bits per heavy atom. The molecule has 5 nitrogen and oxygen atoms in total. The lowest BCUT2D eigenvalue weighted by Gasteiger charge is -2.06. The maximum atomic E-state index is 12.5. The van der Waals surface area contributed by atoms with E-state index in [4.69, 9.17) is 37.4 Å². The molecule has 0 radical (unpaired) electrons. The van der Waals surface area contributed by atoms with Crippen LogP contribution >= 0.6 is 23.2 Å². The van der Waals surface area contributed by atoms with Crippen molar-refractivity contribution in [1.82, 2.24) is 0 Å². The first-order valence-electron chi connectivity index (χ1n) is 7.80. The number of carbonyl (C=O) groups excluding carboxylic acids is 2. The van der Waals surface area contributed by atoms with Gasteiger partial charge in [0.15, 0.2) is 12.4 Å². The van der Waals surface area contributed by atoms with Crippen molar-refractivity contribution in [3.63, 3.8) is 0 Å². The molecule has 3 rings (SSSR count). The minimum absolute atomic E-state index is 0.131. The normalized spacial score (nSPS) is 14.1. The topological polar surface area (TPSA) is 61.8 Å². The van der Waals surface area contributed by atoms with E-state index >= 15 is 0 Å². The second-order valence-corrected chi connectivity index (χ2v) is 6.12. The molecule has 1 heterocycles. The molecule has 0 bridgehead atoms. The largest absolute Gasteiger partial charge is 0.482 e. The average molecular weight is 393 g/mol. The van der Waals surface area contributed by atoms with Crippen molar-refractivity contribution in [2.45, 2.75) is 6.92 Å². The van der Waals surface area contributed by atoms with Crippen LogP contribution in [0.25, 0.3) is 6.08 Å². The summed E-state index contributed by atoms with van der Waals surface area (Å²) in [5.74, 6) is 0.133. The van der Waals surface area contributed by atoms with Crippen LogP contribution in [0, 0.1) is 0 Å². The summed E-state index contributed by atoms with van der Waals surface area (Å²) in [7, 11) is 0. The molecule has 0 saturated heterocycles. The molecule has 0 aliphatic carbocycles. The summed E-state index contributed by atoms with van der Waals surface area (Å²) in [5, 5.41) is 0.728. The quantitative estimate of drug-likeness (QED) is 0.551. The highest BCUT2D eigenvalue weighted by atomic mass is 35.5. The van der Waals surface area contributed by atoms with Gasteiger partial charge in [0.25, 0.3) is 0 Å². The lowest BCUT2D eigenvalue weighted by Crippen LogP contribution is -2.14. The fourth-order valence-electron chi connectivity index (χ4n) is 2.38. The number of esters is 1. The summed E-state index contributed by atoms with van der Waals surface area (Å²) in [6, 6.07) is 9.84. The molecule has 1 aliphatic heterocycles. The van der Waals surface area contributed by atoms with Gasteiger partial charge in [0.05, 0.1) is 22.2 Å². The highest BCUT2D eigenvalue weighted by Gasteiger charge is 2.28. The van der Waals surface area contributed by atoms with Crippen LogP contribution in [0.1, 0.15) is 22.8 Å². The zero-order valence-corrected chi connectivity index (χ0v) is 15.3. The number of Topliss-reactive ketones (excluding diaryl/α,β-unsaturated/α-hetero) is 1. The Kier molecular flexibility index (Phi) is 5.49. The van der Waals surface area contributed by atoms with Crippen molar-refractivity contribution in [3.8, 4) is 11.5 Å². The number of fused-ring (bicyclic) bond motifs is 1. The van der Waals surface area contributed by atoms with E-state index in [1.807, 2.05) is 0 Å². The summed E-state index contributed by atoms with van der Waals surface area (Å²) >= 11 is 12.1. The van der Waals surface area contributed by atoms with Crippen LogP contribution in [0.3, 0.4) is 0 Å². The minimum atomic E-state index is -0.471. The molecule has 0 unspecified atom stereocenters. The van der Waals surface area contributed by atoms with Crippen LogP contribution in [-0.4, -0.2) is 25.0 Å². The predicted molar refractivity (Wildman–Crippen MR) is 98.0 cm³/mol. The van der Waals surface area contributed by atoms with Gasteiger partial charge >= 0.3 is 5.97 Å². The third-order valence-corrected chi connectivity index (χ3v) is 4.41. The zero-order chi connectivity index (χ0) is 18.7. The smallest absolute Gasteiger partial charge is 0.344 e. The number of hydrogen-bond acceptors (Lipinski definition) is 5. The Bertz CT molecular complexity index is 905. The van der Waals surface area contributed by atoms with E-state index in [-0.39, 0.29) is 24.8 Å². The standard InChI is InChI=1S/C19H14Cl2O5/c1-2-24-17(22)10-25-12-6-7-13-15(9-12)26-16(19(13)23)8-11-4-3-5-14(20)18(11)21/h3-9H,2,10H2,1H3. The maximum absolute atomic E-state index is 12.5. The van der Waals surface area contributed by atoms with Crippen LogP contribution in [0.2, 0.25) is 10.0 Å². The number of benzene rings is 2. The van der Waals surface area contributed by atoms with Crippen LogP contribution in [0.4, 0.5) is 0 Å². The van der Waals surface area contributed by atoms with Crippen LogP contribution in [-0.2, 0) is 9.53 Å². The Labute approximate surface area is 160 Å². The fraction of sp³-hybridized carbons (Fsp3) is 0.158. The molecule has 0 aromatic heterocycles. The third-order valence-electron chi connectivity index (χ3n) is 3.57. The van der Waals surface area contributed by atoms with Crippen molar-refractivity contribution in [2.24, 2.45) is 0 Å². The molecule has 0 fully saturated rings. The van der Waals surface area contributed by atoms with Gasteiger partial charge in [-0.3, -0.25) is 4.79 Å². The Morgan fingerprint density at radius 3 is 2.81 bits per heavy atom. The van der Waals surface area contributed by atoms with Gasteiger partial charge in [-0.1, -0.05) is 35.3 Å². The Morgan fingerprint density at radius 2 is 2.04 bits per heavy atom. The zero-order valence-electron chi connectivity index (χ0n) is 13.8. The van der Waals surface area contributed by atoms with E-state index in [0.29, 0.717) is 32.7 Å². The lowest BCUT2D eigenvalue weighted by atomic mass is 10.1. The van der Waals surface area contributed by atoms with Gasteiger partial charge < -0.3 is 14.2 Å². The first-order valence-corrected chi connectivity index (χ1v) is 8.56. The SMILES string of the molecule is CCOC(=O)COc1ccc2c(c1)OC(=Cc1cccc(Cl)c1Cl)C2=O. The van der Waals surface area contributed by atoms with Crippen LogP contribution in [0.5, 0.6) is 11.5 Å². The molecule has 134 valence electrons. The number of allylic oxidation sites excluding steroid dienone is 1. The van der Waals surface area contributed by atoms with Gasteiger partial charge in [-0.25, -0.2) is 4.79 Å². The van der Waals surface area contributed by atoms with Gasteiger partial charge in [0.2, 0.25) is 5.78 Å². The van der Waals surface area contributed by atoms with Crippen LogP contribution in [0.15, 0.2) is 42.2 Å². The van der Waals surface area contributed by atoms with E-state index in [9.17, 15) is 9.59 Å². The Balaban J connectivity index is 1.79. The summed E-state index contributed by atoms with van der Waals surface area (Å²) in [4.78, 5) is 23.8. The lowest BCUT2D eigenvalue weighted by molar-refractivity contribution is -0.145. The molecular formula is C19H14Cl2O5. The first-order chi connectivity index (χ1) is 12.5. The highest BCUT2D eigenvalue weighted by Crippen LogP contribution is 2.36. The van der Waals surface area contributed by atoms with Crippen molar-refractivity contribution >= 4 is 41.0 Å². The number of ketones is 1. The average Bonchev–Trinajstić information content (AvgIpc) is 2.93. The molecule has 0 saturated carbocycles. The number of rotatable bonds is 5. The highest BCUT2D eigenvalue weighted by molar-refractivity contribution is 6.43. The molecule has 1 aliphatic rings. The summed E-state index contributed by atoms with van der Waals surface area (Å²) in [6.07, 6.45) is 1.54. The Hall–Kier alpha value is -2.50. The second-order valence-electron chi connectivity index (χ2n) is 5.33. The molecule has 0 atom stereocenters. The number of hydrogen-bond donors (Lipinski definition) is 0. The number of carbonyl (C=O) groups is 2. The first kappa shape index (κ1) is 18.3. The molecule has 0 amide bonds. The van der Waals surface area contributed by atoms with Gasteiger partial charge in [0, 0.05) is 6.07 Å². The number of ether oxygens (including phenoxy) is 3. The molecule has 0 N–H and O–H groups in total. The monoisotopic (exact) mass is 392 g/mol. The van der Waals surface area contributed by atoms with Gasteiger partial charge in [-0.15, -0.1) is 0 Å². The van der Waals surface area contributed by atoms with E-state index < -0.39 is 5.97 Å². The van der Waals surface area contributed by atoms with Crippen LogP contribution < -0.4 is 9.47 Å². The molecule has 26 heavy (non-hydrogen) atoms. The summed E-state index contributed by atoms with van der Waals surface area (Å²) in [5.41, 5.74) is 0.979. The van der Waals surface area contributed by atoms with Gasteiger partial charge in [0.1, 0.15) is 11.5 Å². The summed E-state index contributed by atoms with van der Waals surface area (Å²) in [6.45, 7) is 1.78. The van der Waals surface area contributed by atoms with Crippen molar-refractivity contribution in [1.29, 1.82) is 0 Å². The van der Waals surface area contributed by atoms with Gasteiger partial charge in [-0.2, -0.15) is 0 Å². The maximum Gasteiger partial charge on any atom is 0.344 e. The van der Waals surface area contributed by atoms with E-state index in [1.165, 1.54) is 6.08 Å². The van der Waals surface area contributed by atoms with E-state index in [1.54, 1.807) is 43.3 Å². The molecule has 2 aromatic rings. The van der Waals surface area contributed by atoms with E-state index in [2.05, 4.69) is 0 Å². The molecule has 7 heteroatoms. The number of halogens is 2. The second kappa shape index (κ2) is 7.81.